The number of fused-ring (bicyclic) bond motifs is 3. The predicted molar refractivity (Wildman–Crippen MR) is 78.3 cm³/mol. The van der Waals surface area contributed by atoms with E-state index in [4.69, 9.17) is 11.6 Å². The Hall–Kier alpha value is -1.27. The van der Waals surface area contributed by atoms with Crippen molar-refractivity contribution in [1.29, 1.82) is 0 Å². The summed E-state index contributed by atoms with van der Waals surface area (Å²) >= 11 is 6.74. The highest BCUT2D eigenvalue weighted by molar-refractivity contribution is 6.25. The summed E-state index contributed by atoms with van der Waals surface area (Å²) in [4.78, 5) is -0.324. The summed E-state index contributed by atoms with van der Waals surface area (Å²) in [5, 5.41) is 0. The summed E-state index contributed by atoms with van der Waals surface area (Å²) in [6, 6.07) is 17.2. The molecule has 0 aliphatic heterocycles. The van der Waals surface area contributed by atoms with Gasteiger partial charge in [-0.25, -0.2) is 0 Å². The van der Waals surface area contributed by atoms with Crippen molar-refractivity contribution >= 4 is 11.6 Å². The molecule has 2 aromatic carbocycles. The number of rotatable bonds is 1. The number of hydrogen-bond acceptors (Lipinski definition) is 0. The van der Waals surface area contributed by atoms with E-state index in [1.165, 1.54) is 22.3 Å². The fourth-order valence-electron chi connectivity index (χ4n) is 3.09. The van der Waals surface area contributed by atoms with E-state index in [0.29, 0.717) is 0 Å². The smallest absolute Gasteiger partial charge is 0.0525 e. The van der Waals surface area contributed by atoms with E-state index in [0.717, 1.165) is 0 Å². The zero-order chi connectivity index (χ0) is 13.0. The molecule has 0 atom stereocenters. The maximum absolute atomic E-state index is 6.74. The van der Waals surface area contributed by atoms with Crippen LogP contribution in [0.1, 0.15) is 31.9 Å². The van der Waals surface area contributed by atoms with Crippen molar-refractivity contribution in [2.24, 2.45) is 0 Å². The van der Waals surface area contributed by atoms with Crippen LogP contribution in [-0.2, 0) is 5.41 Å². The summed E-state index contributed by atoms with van der Waals surface area (Å²) in [5.41, 5.74) is 5.19. The molecule has 0 amide bonds. The van der Waals surface area contributed by atoms with Crippen molar-refractivity contribution in [1.82, 2.24) is 0 Å². The van der Waals surface area contributed by atoms with Gasteiger partial charge in [-0.05, 0) is 43.0 Å². The minimum Gasteiger partial charge on any atom is -0.119 e. The van der Waals surface area contributed by atoms with Crippen LogP contribution in [0.3, 0.4) is 0 Å². The van der Waals surface area contributed by atoms with Crippen LogP contribution < -0.4 is 0 Å². The Balaban J connectivity index is 2.41. The van der Waals surface area contributed by atoms with Crippen LogP contribution in [-0.4, -0.2) is 4.87 Å². The molecule has 0 unspecified atom stereocenters. The van der Waals surface area contributed by atoms with Crippen LogP contribution in [0.4, 0.5) is 0 Å². The lowest BCUT2D eigenvalue weighted by Gasteiger charge is -2.38. The van der Waals surface area contributed by atoms with Gasteiger partial charge < -0.3 is 0 Å². The van der Waals surface area contributed by atoms with Gasteiger partial charge >= 0.3 is 0 Å². The molecule has 1 aliphatic rings. The molecule has 0 aromatic heterocycles. The molecule has 0 nitrogen and oxygen atoms in total. The molecule has 0 heterocycles. The van der Waals surface area contributed by atoms with Crippen LogP contribution in [0.5, 0.6) is 0 Å². The first-order valence-corrected chi connectivity index (χ1v) is 6.72. The van der Waals surface area contributed by atoms with E-state index in [2.05, 4.69) is 69.3 Å². The maximum atomic E-state index is 6.74. The molecule has 0 bridgehead atoms. The lowest BCUT2D eigenvalue weighted by molar-refractivity contribution is 0.448. The average molecular weight is 257 g/mol. The molecule has 92 valence electrons. The van der Waals surface area contributed by atoms with Gasteiger partial charge in [-0.2, -0.15) is 0 Å². The first-order valence-electron chi connectivity index (χ1n) is 6.34. The standard InChI is InChI=1S/C17H17Cl/c1-16(2,18)17(3)14-10-6-4-8-12(14)13-9-5-7-11-15(13)17/h4-11H,1-3H3. The van der Waals surface area contributed by atoms with Gasteiger partial charge in [-0.1, -0.05) is 48.5 Å². The lowest BCUT2D eigenvalue weighted by atomic mass is 9.71. The van der Waals surface area contributed by atoms with Gasteiger partial charge in [0.2, 0.25) is 0 Å². The van der Waals surface area contributed by atoms with Crippen molar-refractivity contribution in [2.75, 3.05) is 0 Å². The quantitative estimate of drug-likeness (QED) is 0.631. The Labute approximate surface area is 114 Å². The summed E-state index contributed by atoms with van der Waals surface area (Å²) in [6.45, 7) is 6.46. The number of halogens is 1. The summed E-state index contributed by atoms with van der Waals surface area (Å²) in [6.07, 6.45) is 0. The van der Waals surface area contributed by atoms with Gasteiger partial charge in [-0.15, -0.1) is 11.6 Å². The van der Waals surface area contributed by atoms with Crippen LogP contribution in [0, 0.1) is 0 Å². The minimum atomic E-state index is -0.324. The monoisotopic (exact) mass is 256 g/mol. The summed E-state index contributed by atoms with van der Waals surface area (Å²) < 4.78 is 0. The number of benzene rings is 2. The van der Waals surface area contributed by atoms with E-state index < -0.39 is 0 Å². The molecule has 0 saturated heterocycles. The molecule has 1 heteroatoms. The molecule has 0 N–H and O–H groups in total. The molecule has 1 aliphatic carbocycles. The van der Waals surface area contributed by atoms with Crippen molar-refractivity contribution < 1.29 is 0 Å². The summed E-state index contributed by atoms with van der Waals surface area (Å²) in [5.74, 6) is 0. The van der Waals surface area contributed by atoms with Gasteiger partial charge in [0.15, 0.2) is 0 Å². The Morgan fingerprint density at radius 1 is 0.833 bits per heavy atom. The fraction of sp³-hybridized carbons (Fsp3) is 0.294. The van der Waals surface area contributed by atoms with Crippen molar-refractivity contribution in [3.63, 3.8) is 0 Å². The second-order valence-electron chi connectivity index (χ2n) is 5.69. The molecular formula is C17H17Cl. The Kier molecular flexibility index (Phi) is 2.37. The molecule has 2 aromatic rings. The topological polar surface area (TPSA) is 0 Å². The van der Waals surface area contributed by atoms with Crippen molar-refractivity contribution in [3.05, 3.63) is 59.7 Å². The van der Waals surface area contributed by atoms with Gasteiger partial charge in [-0.3, -0.25) is 0 Å². The molecule has 0 fully saturated rings. The second kappa shape index (κ2) is 3.61. The zero-order valence-corrected chi connectivity index (χ0v) is 11.8. The third kappa shape index (κ3) is 1.33. The number of hydrogen-bond donors (Lipinski definition) is 0. The van der Waals surface area contributed by atoms with Gasteiger partial charge in [0.25, 0.3) is 0 Å². The highest BCUT2D eigenvalue weighted by Gasteiger charge is 2.48. The van der Waals surface area contributed by atoms with Crippen LogP contribution in [0.25, 0.3) is 11.1 Å². The van der Waals surface area contributed by atoms with E-state index in [1.54, 1.807) is 0 Å². The van der Waals surface area contributed by atoms with E-state index in [9.17, 15) is 0 Å². The normalized spacial score (nSPS) is 16.2. The molecule has 3 rings (SSSR count). The highest BCUT2D eigenvalue weighted by Crippen LogP contribution is 2.55. The molecule has 0 spiro atoms. The van der Waals surface area contributed by atoms with E-state index in [-0.39, 0.29) is 10.3 Å². The van der Waals surface area contributed by atoms with Crippen molar-refractivity contribution in [2.45, 2.75) is 31.1 Å². The third-order valence-electron chi connectivity index (χ3n) is 4.41. The Morgan fingerprint density at radius 3 is 1.61 bits per heavy atom. The van der Waals surface area contributed by atoms with Crippen LogP contribution in [0.15, 0.2) is 48.5 Å². The number of alkyl halides is 1. The average Bonchev–Trinajstić information content (AvgIpc) is 2.62. The van der Waals surface area contributed by atoms with Crippen molar-refractivity contribution in [3.8, 4) is 11.1 Å². The van der Waals surface area contributed by atoms with Gasteiger partial charge in [0.1, 0.15) is 0 Å². The molecular weight excluding hydrogens is 240 g/mol. The van der Waals surface area contributed by atoms with Crippen LogP contribution >= 0.6 is 11.6 Å². The Morgan fingerprint density at radius 2 is 1.22 bits per heavy atom. The third-order valence-corrected chi connectivity index (χ3v) is 4.79. The largest absolute Gasteiger partial charge is 0.119 e. The van der Waals surface area contributed by atoms with Gasteiger partial charge in [0.05, 0.1) is 4.87 Å². The van der Waals surface area contributed by atoms with E-state index >= 15 is 0 Å². The summed E-state index contributed by atoms with van der Waals surface area (Å²) in [7, 11) is 0. The minimum absolute atomic E-state index is 0.137. The van der Waals surface area contributed by atoms with Gasteiger partial charge in [0, 0.05) is 5.41 Å². The lowest BCUT2D eigenvalue weighted by Crippen LogP contribution is -2.40. The maximum Gasteiger partial charge on any atom is 0.0525 e. The zero-order valence-electron chi connectivity index (χ0n) is 11.0. The highest BCUT2D eigenvalue weighted by atomic mass is 35.5. The second-order valence-corrected chi connectivity index (χ2v) is 6.63. The molecule has 0 saturated carbocycles. The van der Waals surface area contributed by atoms with E-state index in [1.807, 2.05) is 0 Å². The Bertz CT molecular complexity index is 560. The fourth-order valence-corrected chi connectivity index (χ4v) is 3.30. The first-order chi connectivity index (χ1) is 8.46. The first kappa shape index (κ1) is 11.8. The SMILES string of the molecule is CC(C)(Cl)C1(C)c2ccccc2-c2ccccc21. The van der Waals surface area contributed by atoms with Crippen LogP contribution in [0.2, 0.25) is 0 Å². The molecule has 18 heavy (non-hydrogen) atoms. The molecule has 0 radical (unpaired) electrons. The predicted octanol–water partition coefficient (Wildman–Crippen LogP) is 4.99.